The van der Waals surface area contributed by atoms with Crippen LogP contribution in [0.3, 0.4) is 0 Å². The van der Waals surface area contributed by atoms with Crippen LogP contribution in [0.1, 0.15) is 37.3 Å². The molecule has 36 heavy (non-hydrogen) atoms. The van der Waals surface area contributed by atoms with Gasteiger partial charge in [0.05, 0.1) is 31.3 Å². The molecule has 0 bridgehead atoms. The zero-order valence-corrected chi connectivity index (χ0v) is 21.1. The molecule has 0 aliphatic carbocycles. The number of aryl methyl sites for hydroxylation is 2. The number of hydrogen-bond acceptors (Lipinski definition) is 6. The Morgan fingerprint density at radius 2 is 1.86 bits per heavy atom. The molecule has 2 fully saturated rings. The van der Waals surface area contributed by atoms with Crippen molar-refractivity contribution in [3.05, 3.63) is 53.6 Å². The van der Waals surface area contributed by atoms with Gasteiger partial charge in [-0.1, -0.05) is 42.5 Å². The lowest BCUT2D eigenvalue weighted by Gasteiger charge is -2.38. The molecule has 6 atom stereocenters. The molecule has 1 N–H and O–H groups in total. The van der Waals surface area contributed by atoms with Crippen LogP contribution < -0.4 is 4.90 Å². The van der Waals surface area contributed by atoms with Crippen LogP contribution in [0.15, 0.2) is 42.5 Å². The predicted octanol–water partition coefficient (Wildman–Crippen LogP) is 2.45. The molecule has 4 heterocycles. The lowest BCUT2D eigenvalue weighted by molar-refractivity contribution is -0.155. The number of carbonyl (C=O) groups is 3. The van der Waals surface area contributed by atoms with E-state index in [-0.39, 0.29) is 18.4 Å². The van der Waals surface area contributed by atoms with Crippen molar-refractivity contribution in [2.45, 2.75) is 63.8 Å². The topological polar surface area (TPSA) is 96.4 Å². The van der Waals surface area contributed by atoms with E-state index in [2.05, 4.69) is 0 Å². The van der Waals surface area contributed by atoms with E-state index >= 15 is 0 Å². The Morgan fingerprint density at radius 1 is 1.11 bits per heavy atom. The second-order valence-electron chi connectivity index (χ2n) is 10.3. The fourth-order valence-electron chi connectivity index (χ4n) is 6.35. The Hall–Kier alpha value is -2.97. The maximum absolute atomic E-state index is 14.4. The number of aliphatic hydroxyl groups excluding tert-OH is 1. The number of esters is 1. The molecule has 1 aromatic rings. The van der Waals surface area contributed by atoms with Crippen LogP contribution in [0.2, 0.25) is 0 Å². The molecule has 8 heteroatoms. The third-order valence-electron chi connectivity index (χ3n) is 7.99. The molecule has 1 aromatic carbocycles. The fraction of sp³-hybridized carbons (Fsp3) is 0.536. The SMILES string of the molecule is Cc1cccc(C)c1N1CC=C[C@]23O[C@H]4/C=C\CCCCOC(=O)[C@H]4[C@H]2C(=O)N([C@H](C)CO)C3C1=O. The highest BCUT2D eigenvalue weighted by atomic mass is 16.6. The molecule has 8 nitrogen and oxygen atoms in total. The maximum atomic E-state index is 14.4. The summed E-state index contributed by atoms with van der Waals surface area (Å²) in [5.41, 5.74) is 1.36. The fourth-order valence-corrected chi connectivity index (χ4v) is 6.35. The molecule has 0 radical (unpaired) electrons. The lowest BCUT2D eigenvalue weighted by atomic mass is 9.78. The van der Waals surface area contributed by atoms with Gasteiger partial charge in [0.15, 0.2) is 0 Å². The standard InChI is InChI=1S/C28H34N2O6/c1-17-10-8-11-18(2)23(17)29-14-9-13-28-22(25(32)30(19(3)16-31)24(28)26(29)33)21-20(36-28)12-6-4-5-7-15-35-27(21)34/h6,8-13,19-22,24,31H,4-5,7,14-16H2,1-3H3/b12-6-/t19-,20+,21-,22+,24?,28+/m1/s1. The first-order chi connectivity index (χ1) is 17.3. The average molecular weight is 495 g/mol. The van der Waals surface area contributed by atoms with Crippen LogP contribution in [0.5, 0.6) is 0 Å². The van der Waals surface area contributed by atoms with E-state index in [0.29, 0.717) is 13.2 Å². The largest absolute Gasteiger partial charge is 0.465 e. The molecule has 0 aromatic heterocycles. The monoisotopic (exact) mass is 494 g/mol. The molecule has 2 saturated heterocycles. The predicted molar refractivity (Wildman–Crippen MR) is 133 cm³/mol. The molecule has 2 amide bonds. The normalized spacial score (nSPS) is 33.9. The van der Waals surface area contributed by atoms with Gasteiger partial charge in [-0.25, -0.2) is 0 Å². The maximum Gasteiger partial charge on any atom is 0.312 e. The summed E-state index contributed by atoms with van der Waals surface area (Å²) < 4.78 is 12.2. The summed E-state index contributed by atoms with van der Waals surface area (Å²) in [6.45, 7) is 5.90. The van der Waals surface area contributed by atoms with Gasteiger partial charge in [-0.05, 0) is 51.2 Å². The van der Waals surface area contributed by atoms with Crippen molar-refractivity contribution in [2.24, 2.45) is 11.8 Å². The smallest absolute Gasteiger partial charge is 0.312 e. The summed E-state index contributed by atoms with van der Waals surface area (Å²) in [7, 11) is 0. The van der Waals surface area contributed by atoms with E-state index < -0.39 is 41.6 Å². The summed E-state index contributed by atoms with van der Waals surface area (Å²) >= 11 is 0. The minimum absolute atomic E-state index is 0.283. The van der Waals surface area contributed by atoms with Gasteiger partial charge < -0.3 is 24.4 Å². The van der Waals surface area contributed by atoms with E-state index in [1.165, 1.54) is 4.90 Å². The first-order valence-electron chi connectivity index (χ1n) is 12.8. The number of allylic oxidation sites excluding steroid dienone is 1. The number of amides is 2. The third-order valence-corrected chi connectivity index (χ3v) is 7.99. The Kier molecular flexibility index (Phi) is 6.51. The molecule has 0 saturated carbocycles. The van der Waals surface area contributed by atoms with Crippen LogP contribution in [-0.2, 0) is 23.9 Å². The van der Waals surface area contributed by atoms with E-state index in [9.17, 15) is 19.5 Å². The summed E-state index contributed by atoms with van der Waals surface area (Å²) in [6.07, 6.45) is 9.30. The van der Waals surface area contributed by atoms with Crippen molar-refractivity contribution >= 4 is 23.5 Å². The second-order valence-corrected chi connectivity index (χ2v) is 10.3. The quantitative estimate of drug-likeness (QED) is 0.512. The Balaban J connectivity index is 1.65. The number of carbonyl (C=O) groups excluding carboxylic acids is 3. The van der Waals surface area contributed by atoms with E-state index in [4.69, 9.17) is 9.47 Å². The highest BCUT2D eigenvalue weighted by molar-refractivity contribution is 6.06. The van der Waals surface area contributed by atoms with Crippen LogP contribution >= 0.6 is 0 Å². The number of rotatable bonds is 3. The number of cyclic esters (lactones) is 1. The first-order valence-corrected chi connectivity index (χ1v) is 12.8. The van der Waals surface area contributed by atoms with Gasteiger partial charge in [0.2, 0.25) is 5.91 Å². The third kappa shape index (κ3) is 3.69. The Labute approximate surface area is 211 Å². The van der Waals surface area contributed by atoms with Gasteiger partial charge in [-0.15, -0.1) is 0 Å². The molecule has 1 spiro atoms. The minimum Gasteiger partial charge on any atom is -0.465 e. The van der Waals surface area contributed by atoms with Gasteiger partial charge in [0, 0.05) is 12.2 Å². The number of benzene rings is 1. The second kappa shape index (κ2) is 9.48. The number of aliphatic hydroxyl groups is 1. The number of ether oxygens (including phenoxy) is 2. The number of para-hydroxylation sites is 1. The first kappa shape index (κ1) is 24.7. The summed E-state index contributed by atoms with van der Waals surface area (Å²) in [6, 6.07) is 4.21. The zero-order valence-electron chi connectivity index (χ0n) is 21.1. The van der Waals surface area contributed by atoms with Gasteiger partial charge in [0.1, 0.15) is 17.6 Å². The number of nitrogens with zero attached hydrogens (tertiary/aromatic N) is 2. The highest BCUT2D eigenvalue weighted by Gasteiger charge is 2.72. The van der Waals surface area contributed by atoms with Crippen molar-refractivity contribution in [2.75, 3.05) is 24.7 Å². The van der Waals surface area contributed by atoms with Crippen LogP contribution in [0.4, 0.5) is 5.69 Å². The molecule has 4 aliphatic rings. The Morgan fingerprint density at radius 3 is 2.58 bits per heavy atom. The van der Waals surface area contributed by atoms with E-state index in [0.717, 1.165) is 36.1 Å². The van der Waals surface area contributed by atoms with Crippen LogP contribution in [0.25, 0.3) is 0 Å². The van der Waals surface area contributed by atoms with Crippen molar-refractivity contribution in [3.63, 3.8) is 0 Å². The minimum atomic E-state index is -1.34. The Bertz CT molecular complexity index is 1110. The van der Waals surface area contributed by atoms with Crippen molar-refractivity contribution in [3.8, 4) is 0 Å². The van der Waals surface area contributed by atoms with Crippen molar-refractivity contribution < 1.29 is 29.0 Å². The summed E-state index contributed by atoms with van der Waals surface area (Å²) in [5, 5.41) is 10.0. The lowest BCUT2D eigenvalue weighted by Crippen LogP contribution is -2.58. The van der Waals surface area contributed by atoms with Crippen LogP contribution in [-0.4, -0.2) is 71.3 Å². The van der Waals surface area contributed by atoms with Crippen molar-refractivity contribution in [1.82, 2.24) is 4.90 Å². The van der Waals surface area contributed by atoms with E-state index in [1.54, 1.807) is 11.8 Å². The number of fused-ring (bicyclic) bond motifs is 2. The molecule has 4 aliphatic heterocycles. The van der Waals surface area contributed by atoms with Gasteiger partial charge in [0.25, 0.3) is 5.91 Å². The van der Waals surface area contributed by atoms with Crippen LogP contribution in [0, 0.1) is 25.7 Å². The van der Waals surface area contributed by atoms with Gasteiger partial charge >= 0.3 is 5.97 Å². The molecular weight excluding hydrogens is 460 g/mol. The zero-order chi connectivity index (χ0) is 25.6. The highest BCUT2D eigenvalue weighted by Crippen LogP contribution is 2.53. The molecule has 1 unspecified atom stereocenters. The van der Waals surface area contributed by atoms with Gasteiger partial charge in [-0.3, -0.25) is 14.4 Å². The number of likely N-dealkylation sites (tertiary alicyclic amines) is 1. The van der Waals surface area contributed by atoms with E-state index in [1.807, 2.05) is 56.4 Å². The summed E-state index contributed by atoms with van der Waals surface area (Å²) in [4.78, 5) is 44.8. The summed E-state index contributed by atoms with van der Waals surface area (Å²) in [5.74, 6) is -2.91. The molecule has 5 rings (SSSR count). The number of hydrogen-bond donors (Lipinski definition) is 1. The molecule has 192 valence electrons. The van der Waals surface area contributed by atoms with Crippen molar-refractivity contribution in [1.29, 1.82) is 0 Å². The number of anilines is 1. The molecular formula is C28H34N2O6. The average Bonchev–Trinajstić information content (AvgIpc) is 3.25. The van der Waals surface area contributed by atoms with Gasteiger partial charge in [-0.2, -0.15) is 0 Å².